The highest BCUT2D eigenvalue weighted by atomic mass is 16.6. The summed E-state index contributed by atoms with van der Waals surface area (Å²) in [5, 5.41) is 11.4. The Balaban J connectivity index is 1.53. The number of Topliss-reactive ketones (excluding diaryl/α,β-unsaturated/α-hetero) is 1. The first-order valence-electron chi connectivity index (χ1n) is 10.7. The highest BCUT2D eigenvalue weighted by molar-refractivity contribution is 6.18. The van der Waals surface area contributed by atoms with Crippen LogP contribution in [-0.4, -0.2) is 35.1 Å². The molecule has 1 saturated carbocycles. The number of para-hydroxylation sites is 3. The monoisotopic (exact) mass is 442 g/mol. The van der Waals surface area contributed by atoms with Gasteiger partial charge in [-0.25, -0.2) is 0 Å². The number of hydrogen-bond acceptors (Lipinski definition) is 5. The largest absolute Gasteiger partial charge is 0.439 e. The number of carbonyl (C=O) groups is 1. The van der Waals surface area contributed by atoms with Crippen molar-refractivity contribution in [3.05, 3.63) is 99.6 Å². The zero-order chi connectivity index (χ0) is 23.5. The molecule has 2 aliphatic heterocycles. The second kappa shape index (κ2) is 7.27. The van der Waals surface area contributed by atoms with Crippen LogP contribution < -0.4 is 9.64 Å². The van der Waals surface area contributed by atoms with Crippen molar-refractivity contribution < 1.29 is 19.0 Å². The third-order valence-corrected chi connectivity index (χ3v) is 6.74. The van der Waals surface area contributed by atoms with Crippen LogP contribution in [0.15, 0.2) is 83.9 Å². The first kappa shape index (κ1) is 20.9. The SMILES string of the molecule is CN1/C(=C\C2C(=O)C(=C/C3=[N+](C)c4ccccc4C3(C)C)/C2=C/[N+](=O)[O-])Oc2ccccc21. The standard InChI is InChI=1S/C26H24N3O4/c1-26(2)19-9-5-6-10-20(19)27(3)23(26)13-16-18(15-29(31)32)17(25(16)30)14-24-28(4)21-11-7-8-12-22(21)33-24/h5-15,17H,1-4H3/q+1/b16-13+,18-15-,24-14+. The molecule has 2 heterocycles. The van der Waals surface area contributed by atoms with Crippen LogP contribution in [0.5, 0.6) is 5.75 Å². The highest BCUT2D eigenvalue weighted by Crippen LogP contribution is 2.44. The number of hydrogen-bond donors (Lipinski definition) is 0. The lowest BCUT2D eigenvalue weighted by Crippen LogP contribution is -2.36. The molecule has 1 fully saturated rings. The van der Waals surface area contributed by atoms with Crippen LogP contribution >= 0.6 is 0 Å². The quantitative estimate of drug-likeness (QED) is 0.306. The molecule has 2 aromatic carbocycles. The molecule has 1 unspecified atom stereocenters. The van der Waals surface area contributed by atoms with Gasteiger partial charge in [0.25, 0.3) is 0 Å². The summed E-state index contributed by atoms with van der Waals surface area (Å²) in [5.41, 5.74) is 4.45. The summed E-state index contributed by atoms with van der Waals surface area (Å²) in [5.74, 6) is 0.292. The Morgan fingerprint density at radius 1 is 1.15 bits per heavy atom. The number of nitro groups is 1. The van der Waals surface area contributed by atoms with Gasteiger partial charge in [-0.1, -0.05) is 30.3 Å². The molecule has 33 heavy (non-hydrogen) atoms. The number of allylic oxidation sites excluding steroid dienone is 4. The predicted molar refractivity (Wildman–Crippen MR) is 126 cm³/mol. The maximum atomic E-state index is 13.2. The van der Waals surface area contributed by atoms with Gasteiger partial charge in [-0.15, -0.1) is 0 Å². The minimum atomic E-state index is -0.730. The number of fused-ring (bicyclic) bond motifs is 2. The number of ether oxygens (including phenoxy) is 1. The van der Waals surface area contributed by atoms with E-state index in [4.69, 9.17) is 4.74 Å². The van der Waals surface area contributed by atoms with Gasteiger partial charge in [-0.05, 0) is 32.1 Å². The fourth-order valence-corrected chi connectivity index (χ4v) is 4.93. The van der Waals surface area contributed by atoms with Crippen LogP contribution in [0.4, 0.5) is 11.4 Å². The van der Waals surface area contributed by atoms with Gasteiger partial charge in [0, 0.05) is 35.9 Å². The van der Waals surface area contributed by atoms with Crippen molar-refractivity contribution in [2.75, 3.05) is 19.0 Å². The fourth-order valence-electron chi connectivity index (χ4n) is 4.93. The van der Waals surface area contributed by atoms with Crippen molar-refractivity contribution in [1.29, 1.82) is 0 Å². The minimum Gasteiger partial charge on any atom is -0.439 e. The van der Waals surface area contributed by atoms with Crippen molar-refractivity contribution in [1.82, 2.24) is 0 Å². The molecule has 0 N–H and O–H groups in total. The Labute approximate surface area is 191 Å². The van der Waals surface area contributed by atoms with Gasteiger partial charge in [0.15, 0.2) is 23.1 Å². The summed E-state index contributed by atoms with van der Waals surface area (Å²) < 4.78 is 7.94. The molecule has 1 aliphatic carbocycles. The van der Waals surface area contributed by atoms with Gasteiger partial charge in [0.05, 0.1) is 21.9 Å². The lowest BCUT2D eigenvalue weighted by atomic mass is 9.71. The molecule has 0 amide bonds. The zero-order valence-corrected chi connectivity index (χ0v) is 18.9. The molecule has 5 rings (SSSR count). The molecule has 0 saturated heterocycles. The van der Waals surface area contributed by atoms with Gasteiger partial charge >= 0.3 is 0 Å². The Bertz CT molecular complexity index is 1350. The molecule has 7 nitrogen and oxygen atoms in total. The summed E-state index contributed by atoms with van der Waals surface area (Å²) in [6.45, 7) is 4.19. The van der Waals surface area contributed by atoms with E-state index in [2.05, 4.69) is 24.5 Å². The van der Waals surface area contributed by atoms with Crippen molar-refractivity contribution >= 4 is 22.9 Å². The smallest absolute Gasteiger partial charge is 0.239 e. The Morgan fingerprint density at radius 2 is 1.85 bits per heavy atom. The predicted octanol–water partition coefficient (Wildman–Crippen LogP) is 4.35. The number of nitrogens with zero attached hydrogens (tertiary/aromatic N) is 3. The van der Waals surface area contributed by atoms with Crippen LogP contribution in [0.25, 0.3) is 0 Å². The number of benzene rings is 2. The fraction of sp³-hybridized carbons (Fsp3) is 0.231. The maximum Gasteiger partial charge on any atom is 0.239 e. The van der Waals surface area contributed by atoms with E-state index in [0.29, 0.717) is 22.8 Å². The number of ketones is 1. The molecule has 0 bridgehead atoms. The molecule has 3 aliphatic rings. The second-order valence-electron chi connectivity index (χ2n) is 8.99. The minimum absolute atomic E-state index is 0.156. The third kappa shape index (κ3) is 3.11. The van der Waals surface area contributed by atoms with E-state index >= 15 is 0 Å². The van der Waals surface area contributed by atoms with Gasteiger partial charge in [0.2, 0.25) is 11.9 Å². The van der Waals surface area contributed by atoms with Crippen LogP contribution in [0.3, 0.4) is 0 Å². The van der Waals surface area contributed by atoms with Gasteiger partial charge in [0.1, 0.15) is 7.05 Å². The summed E-state index contributed by atoms with van der Waals surface area (Å²) in [6.07, 6.45) is 4.41. The topological polar surface area (TPSA) is 75.7 Å². The Hall–Kier alpha value is -4.00. The van der Waals surface area contributed by atoms with Crippen molar-refractivity contribution in [2.45, 2.75) is 19.3 Å². The van der Waals surface area contributed by atoms with Crippen LogP contribution in [0.1, 0.15) is 19.4 Å². The van der Waals surface area contributed by atoms with Crippen molar-refractivity contribution in [3.63, 3.8) is 0 Å². The van der Waals surface area contributed by atoms with E-state index < -0.39 is 10.8 Å². The molecular weight excluding hydrogens is 418 g/mol. The average Bonchev–Trinajstić information content (AvgIpc) is 3.21. The first-order chi connectivity index (χ1) is 15.7. The van der Waals surface area contributed by atoms with E-state index in [1.165, 1.54) is 0 Å². The lowest BCUT2D eigenvalue weighted by molar-refractivity contribution is -0.403. The summed E-state index contributed by atoms with van der Waals surface area (Å²) in [7, 11) is 3.80. The van der Waals surface area contributed by atoms with Gasteiger partial charge in [-0.3, -0.25) is 14.9 Å². The van der Waals surface area contributed by atoms with Crippen molar-refractivity contribution in [3.8, 4) is 5.75 Å². The van der Waals surface area contributed by atoms with Gasteiger partial charge < -0.3 is 9.64 Å². The van der Waals surface area contributed by atoms with Crippen LogP contribution in [0.2, 0.25) is 0 Å². The normalized spacial score (nSPS) is 24.2. The summed E-state index contributed by atoms with van der Waals surface area (Å²) in [4.78, 5) is 26.0. The number of rotatable bonds is 3. The molecule has 0 radical (unpaired) electrons. The van der Waals surface area contributed by atoms with E-state index in [-0.39, 0.29) is 11.2 Å². The summed E-state index contributed by atoms with van der Waals surface area (Å²) in [6, 6.07) is 15.6. The first-order valence-corrected chi connectivity index (χ1v) is 10.7. The molecule has 166 valence electrons. The third-order valence-electron chi connectivity index (χ3n) is 6.74. The zero-order valence-electron chi connectivity index (χ0n) is 18.9. The molecule has 7 heteroatoms. The molecule has 2 aromatic rings. The second-order valence-corrected chi connectivity index (χ2v) is 8.99. The maximum absolute atomic E-state index is 13.2. The van der Waals surface area contributed by atoms with E-state index in [0.717, 1.165) is 28.8 Å². The van der Waals surface area contributed by atoms with Crippen LogP contribution in [-0.2, 0) is 10.2 Å². The summed E-state index contributed by atoms with van der Waals surface area (Å²) >= 11 is 0. The average molecular weight is 442 g/mol. The van der Waals surface area contributed by atoms with E-state index in [9.17, 15) is 14.9 Å². The number of carbonyl (C=O) groups excluding carboxylic acids is 1. The lowest BCUT2D eigenvalue weighted by Gasteiger charge is -2.28. The van der Waals surface area contributed by atoms with Gasteiger partial charge in [-0.2, -0.15) is 4.58 Å². The Kier molecular flexibility index (Phi) is 4.60. The van der Waals surface area contributed by atoms with E-state index in [1.807, 2.05) is 61.5 Å². The molecule has 0 spiro atoms. The number of anilines is 1. The molecular formula is C26H24N3O4+. The van der Waals surface area contributed by atoms with Crippen LogP contribution in [0, 0.1) is 16.0 Å². The van der Waals surface area contributed by atoms with E-state index in [1.54, 1.807) is 12.2 Å². The van der Waals surface area contributed by atoms with Crippen molar-refractivity contribution in [2.24, 2.45) is 5.92 Å². The molecule has 0 aromatic heterocycles. The highest BCUT2D eigenvalue weighted by Gasteiger charge is 2.47. The molecule has 1 atom stereocenters. The Morgan fingerprint density at radius 3 is 2.55 bits per heavy atom.